The number of pyridine rings is 1. The second-order valence-electron chi connectivity index (χ2n) is 9.27. The van der Waals surface area contributed by atoms with Crippen LogP contribution in [0.4, 0.5) is 4.39 Å². The van der Waals surface area contributed by atoms with Gasteiger partial charge >= 0.3 is 5.97 Å². The van der Waals surface area contributed by atoms with Crippen LogP contribution in [0, 0.1) is 12.7 Å². The highest BCUT2D eigenvalue weighted by atomic mass is 31.2. The Hall–Kier alpha value is -2.86. The Morgan fingerprint density at radius 2 is 1.74 bits per heavy atom. The molecule has 4 rings (SSSR count). The number of hydrogen-bond acceptors (Lipinski definition) is 4. The van der Waals surface area contributed by atoms with Crippen LogP contribution >= 0.6 is 7.37 Å². The van der Waals surface area contributed by atoms with Crippen molar-refractivity contribution in [2.24, 2.45) is 0 Å². The molecule has 0 aliphatic heterocycles. The smallest absolute Gasteiger partial charge is 0.305 e. The number of aromatic nitrogens is 1. The number of aliphatic carboxylic acids is 1. The van der Waals surface area contributed by atoms with Gasteiger partial charge in [0.25, 0.3) is 0 Å². The van der Waals surface area contributed by atoms with Crippen LogP contribution in [-0.4, -0.2) is 38.3 Å². The maximum absolute atomic E-state index is 13.8. The van der Waals surface area contributed by atoms with E-state index in [0.29, 0.717) is 11.1 Å². The van der Waals surface area contributed by atoms with Crippen LogP contribution in [0.2, 0.25) is 0 Å². The molecule has 6 nitrogen and oxygen atoms in total. The van der Waals surface area contributed by atoms with Crippen LogP contribution in [-0.2, 0) is 9.36 Å². The summed E-state index contributed by atoms with van der Waals surface area (Å²) >= 11 is 0. The lowest BCUT2D eigenvalue weighted by Gasteiger charge is -2.28. The highest BCUT2D eigenvalue weighted by Crippen LogP contribution is 2.60. The van der Waals surface area contributed by atoms with Crippen LogP contribution < -0.4 is 0 Å². The molecule has 0 saturated heterocycles. The fraction of sp³-hybridized carbons (Fsp3) is 0.333. The van der Waals surface area contributed by atoms with Crippen molar-refractivity contribution in [3.8, 4) is 22.4 Å². The van der Waals surface area contributed by atoms with Crippen LogP contribution in [0.15, 0.2) is 54.6 Å². The van der Waals surface area contributed by atoms with E-state index in [4.69, 9.17) is 10.1 Å². The van der Waals surface area contributed by atoms with Crippen LogP contribution in [0.3, 0.4) is 0 Å². The summed E-state index contributed by atoms with van der Waals surface area (Å²) in [7, 11) is -4.05. The van der Waals surface area contributed by atoms with E-state index >= 15 is 0 Å². The first kappa shape index (κ1) is 25.2. The van der Waals surface area contributed by atoms with E-state index in [0.717, 1.165) is 40.9 Å². The van der Waals surface area contributed by atoms with E-state index in [1.54, 1.807) is 19.1 Å². The molecule has 3 N–H and O–H groups in total. The van der Waals surface area contributed by atoms with E-state index in [2.05, 4.69) is 0 Å². The highest BCUT2D eigenvalue weighted by Gasteiger charge is 2.39. The van der Waals surface area contributed by atoms with E-state index in [9.17, 15) is 23.7 Å². The van der Waals surface area contributed by atoms with Crippen molar-refractivity contribution in [1.82, 2.24) is 4.98 Å². The van der Waals surface area contributed by atoms with Gasteiger partial charge in [-0.2, -0.15) is 0 Å². The quantitative estimate of drug-likeness (QED) is 0.317. The van der Waals surface area contributed by atoms with Gasteiger partial charge in [-0.25, -0.2) is 4.39 Å². The second-order valence-corrected chi connectivity index (χ2v) is 11.9. The summed E-state index contributed by atoms with van der Waals surface area (Å²) in [6.07, 6.45) is -0.773. The molecule has 0 bridgehead atoms. The highest BCUT2D eigenvalue weighted by molar-refractivity contribution is 7.58. The van der Waals surface area contributed by atoms with Gasteiger partial charge in [0.2, 0.25) is 7.37 Å². The van der Waals surface area contributed by atoms with Crippen molar-refractivity contribution in [2.45, 2.75) is 50.8 Å². The topological polar surface area (TPSA) is 108 Å². The minimum Gasteiger partial charge on any atom is -0.481 e. The third kappa shape index (κ3) is 5.53. The molecule has 0 spiro atoms. The summed E-state index contributed by atoms with van der Waals surface area (Å²) in [6, 6.07) is 15.7. The van der Waals surface area contributed by atoms with Crippen molar-refractivity contribution in [3.63, 3.8) is 0 Å². The van der Waals surface area contributed by atoms with Crippen LogP contribution in [0.5, 0.6) is 0 Å². The van der Waals surface area contributed by atoms with E-state index in [-0.39, 0.29) is 11.7 Å². The summed E-state index contributed by atoms with van der Waals surface area (Å²) in [5.74, 6) is -1.48. The third-order valence-corrected chi connectivity index (χ3v) is 8.97. The molecule has 35 heavy (non-hydrogen) atoms. The molecule has 3 aromatic rings. The fourth-order valence-corrected chi connectivity index (χ4v) is 6.31. The monoisotopic (exact) mass is 497 g/mol. The van der Waals surface area contributed by atoms with Crippen LogP contribution in [0.1, 0.15) is 54.6 Å². The number of benzene rings is 2. The molecule has 1 aliphatic rings. The van der Waals surface area contributed by atoms with E-state index in [1.807, 2.05) is 37.3 Å². The molecule has 1 saturated carbocycles. The van der Waals surface area contributed by atoms with E-state index < -0.39 is 37.7 Å². The van der Waals surface area contributed by atoms with Gasteiger partial charge in [-0.15, -0.1) is 0 Å². The van der Waals surface area contributed by atoms with Crippen molar-refractivity contribution in [2.75, 3.05) is 6.16 Å². The Kier molecular flexibility index (Phi) is 7.22. The largest absolute Gasteiger partial charge is 0.481 e. The number of aliphatic hydroxyl groups is 1. The molecular weight excluding hydrogens is 468 g/mol. The molecular formula is C27H29FNO5P. The molecule has 8 heteroatoms. The van der Waals surface area contributed by atoms with Crippen molar-refractivity contribution in [3.05, 3.63) is 77.2 Å². The summed E-state index contributed by atoms with van der Waals surface area (Å²) < 4.78 is 27.3. The number of carboxylic acids is 1. The van der Waals surface area contributed by atoms with Crippen LogP contribution in [0.25, 0.3) is 22.4 Å². The Morgan fingerprint density at radius 1 is 1.11 bits per heavy atom. The van der Waals surface area contributed by atoms with Crippen molar-refractivity contribution < 1.29 is 28.9 Å². The molecule has 1 heterocycles. The Morgan fingerprint density at radius 3 is 2.31 bits per heavy atom. The Bertz CT molecular complexity index is 1270. The number of carbonyl (C=O) groups is 1. The second kappa shape index (κ2) is 10.0. The lowest BCUT2D eigenvalue weighted by atomic mass is 9.88. The Balaban J connectivity index is 1.93. The van der Waals surface area contributed by atoms with Gasteiger partial charge in [-0.3, -0.25) is 14.3 Å². The average Bonchev–Trinajstić information content (AvgIpc) is 3.64. The van der Waals surface area contributed by atoms with Gasteiger partial charge in [-0.05, 0) is 61.1 Å². The van der Waals surface area contributed by atoms with Gasteiger partial charge in [0.15, 0.2) is 0 Å². The first-order valence-corrected chi connectivity index (χ1v) is 13.6. The first-order chi connectivity index (χ1) is 16.6. The van der Waals surface area contributed by atoms with Crippen molar-refractivity contribution >= 4 is 13.3 Å². The minimum absolute atomic E-state index is 0.138. The first-order valence-electron chi connectivity index (χ1n) is 11.7. The lowest BCUT2D eigenvalue weighted by Crippen LogP contribution is -2.19. The van der Waals surface area contributed by atoms with Gasteiger partial charge in [0, 0.05) is 17.2 Å². The van der Waals surface area contributed by atoms with Gasteiger partial charge in [0.1, 0.15) is 5.82 Å². The molecule has 1 aromatic heterocycles. The molecule has 1 aliphatic carbocycles. The summed E-state index contributed by atoms with van der Waals surface area (Å²) in [6.45, 7) is 3.54. The number of hydrogen-bond donors (Lipinski definition) is 3. The minimum atomic E-state index is -4.05. The molecule has 0 radical (unpaired) electrons. The number of carboxylic acid groups (broad SMARTS) is 1. The van der Waals surface area contributed by atoms with Gasteiger partial charge in [-0.1, -0.05) is 42.5 Å². The lowest BCUT2D eigenvalue weighted by molar-refractivity contribution is -0.138. The average molecular weight is 498 g/mol. The third-order valence-electron chi connectivity index (χ3n) is 6.56. The van der Waals surface area contributed by atoms with Gasteiger partial charge < -0.3 is 15.1 Å². The SMILES string of the molecule is Cc1c(-c2ccccc2)nc(C2CC2)c(C(C)P(=O)(O)CC(O)CC(=O)O)c1-c1ccc(F)cc1. The Labute approximate surface area is 203 Å². The number of nitrogens with zero attached hydrogens (tertiary/aromatic N) is 1. The maximum Gasteiger partial charge on any atom is 0.305 e. The number of aliphatic hydroxyl groups excluding tert-OH is 1. The zero-order valence-corrected chi connectivity index (χ0v) is 20.6. The molecule has 3 unspecified atom stereocenters. The summed E-state index contributed by atoms with van der Waals surface area (Å²) in [5.41, 5.74) is 4.37. The summed E-state index contributed by atoms with van der Waals surface area (Å²) in [4.78, 5) is 27.1. The molecule has 2 aromatic carbocycles. The number of rotatable bonds is 9. The fourth-order valence-electron chi connectivity index (χ4n) is 4.60. The summed E-state index contributed by atoms with van der Waals surface area (Å²) in [5, 5.41) is 19.1. The van der Waals surface area contributed by atoms with E-state index in [1.165, 1.54) is 12.1 Å². The normalized spacial score (nSPS) is 16.9. The molecule has 3 atom stereocenters. The maximum atomic E-state index is 13.8. The molecule has 184 valence electrons. The predicted molar refractivity (Wildman–Crippen MR) is 133 cm³/mol. The number of halogens is 1. The molecule has 0 amide bonds. The predicted octanol–water partition coefficient (Wildman–Crippen LogP) is 5.91. The molecule has 1 fully saturated rings. The zero-order valence-electron chi connectivity index (χ0n) is 19.7. The van der Waals surface area contributed by atoms with Crippen molar-refractivity contribution in [1.29, 1.82) is 0 Å². The van der Waals surface area contributed by atoms with Gasteiger partial charge in [0.05, 0.1) is 30.0 Å². The standard InChI is InChI=1S/C27H29FNO5P/c1-16-24(18-10-12-21(28)13-11-18)25(17(2)35(33,34)15-22(30)14-23(31)32)27(20-8-9-20)29-26(16)19-6-4-3-5-7-19/h3-7,10-13,17,20,22,30H,8-9,14-15H2,1-2H3,(H,31,32)(H,33,34). The zero-order chi connectivity index (χ0) is 25.3.